The zero-order chi connectivity index (χ0) is 17.9. The van der Waals surface area contributed by atoms with Crippen LogP contribution in [-0.4, -0.2) is 24.6 Å². The van der Waals surface area contributed by atoms with Crippen molar-refractivity contribution >= 4 is 28.4 Å². The fraction of sp³-hybridized carbons (Fsp3) is 0.263. The molecule has 24 heavy (non-hydrogen) atoms. The summed E-state index contributed by atoms with van der Waals surface area (Å²) < 4.78 is 10.0. The average Bonchev–Trinajstić information content (AvgIpc) is 2.52. The van der Waals surface area contributed by atoms with Gasteiger partial charge in [0.05, 0.1) is 12.8 Å². The van der Waals surface area contributed by atoms with Crippen molar-refractivity contribution in [2.24, 2.45) is 5.73 Å². The summed E-state index contributed by atoms with van der Waals surface area (Å²) in [4.78, 5) is 24.6. The molecule has 2 aromatic rings. The molecule has 2 aromatic carbocycles. The summed E-state index contributed by atoms with van der Waals surface area (Å²) in [6.45, 7) is 5.15. The largest absolute Gasteiger partial charge is 0.465 e. The Morgan fingerprint density at radius 1 is 0.958 bits per heavy atom. The minimum atomic E-state index is -0.824. The lowest BCUT2D eigenvalue weighted by Gasteiger charge is -2.21. The van der Waals surface area contributed by atoms with Crippen LogP contribution >= 0.6 is 0 Å². The highest BCUT2D eigenvalue weighted by molar-refractivity contribution is 6.20. The maximum Gasteiger partial charge on any atom is 0.348 e. The van der Waals surface area contributed by atoms with E-state index in [1.807, 2.05) is 36.4 Å². The molecule has 0 amide bonds. The first-order chi connectivity index (χ1) is 11.2. The lowest BCUT2D eigenvalue weighted by molar-refractivity contribution is -0.153. The Bertz CT molecular complexity index is 810. The van der Waals surface area contributed by atoms with Gasteiger partial charge in [0.2, 0.25) is 0 Å². The topological polar surface area (TPSA) is 78.6 Å². The first-order valence-corrected chi connectivity index (χ1v) is 7.54. The summed E-state index contributed by atoms with van der Waals surface area (Å²) >= 11 is 0. The third kappa shape index (κ3) is 3.74. The van der Waals surface area contributed by atoms with Crippen molar-refractivity contribution in [1.82, 2.24) is 0 Å². The summed E-state index contributed by atoms with van der Waals surface area (Å²) in [7, 11) is 1.20. The summed E-state index contributed by atoms with van der Waals surface area (Å²) in [5.41, 5.74) is 5.74. The van der Waals surface area contributed by atoms with Crippen LogP contribution in [0.2, 0.25) is 0 Å². The van der Waals surface area contributed by atoms with Crippen LogP contribution in [0.3, 0.4) is 0 Å². The summed E-state index contributed by atoms with van der Waals surface area (Å²) in [5.74, 6) is -1.63. The van der Waals surface area contributed by atoms with Crippen LogP contribution in [0.1, 0.15) is 26.3 Å². The molecule has 0 radical (unpaired) electrons. The standard InChI is InChI=1S/C19H21NO4/c1-19(2,3)24-18(22)15(17(21)23-4)16(20)14-11-7-9-12-8-5-6-10-13(12)14/h5-11H,20H2,1-4H3. The normalized spacial score (nSPS) is 12.5. The Morgan fingerprint density at radius 3 is 2.21 bits per heavy atom. The molecule has 0 spiro atoms. The van der Waals surface area contributed by atoms with Gasteiger partial charge in [-0.3, -0.25) is 0 Å². The molecule has 0 unspecified atom stereocenters. The Labute approximate surface area is 141 Å². The molecule has 2 rings (SSSR count). The number of esters is 2. The minimum Gasteiger partial charge on any atom is -0.465 e. The summed E-state index contributed by atoms with van der Waals surface area (Å²) in [6, 6.07) is 13.1. The van der Waals surface area contributed by atoms with Crippen molar-refractivity contribution in [3.63, 3.8) is 0 Å². The summed E-state index contributed by atoms with van der Waals surface area (Å²) in [6.07, 6.45) is 0. The second-order valence-electron chi connectivity index (χ2n) is 6.31. The highest BCUT2D eigenvalue weighted by atomic mass is 16.6. The van der Waals surface area contributed by atoms with Crippen LogP contribution in [0.4, 0.5) is 0 Å². The number of rotatable bonds is 3. The fourth-order valence-corrected chi connectivity index (χ4v) is 2.33. The Kier molecular flexibility index (Phi) is 4.93. The molecule has 0 saturated heterocycles. The molecular formula is C19H21NO4. The van der Waals surface area contributed by atoms with Gasteiger partial charge in [0.1, 0.15) is 5.60 Å². The first kappa shape index (κ1) is 17.5. The maximum atomic E-state index is 12.4. The molecule has 0 heterocycles. The Morgan fingerprint density at radius 2 is 1.58 bits per heavy atom. The SMILES string of the molecule is COC(=O)C(C(=O)OC(C)(C)C)=C(N)c1cccc2ccccc12. The summed E-state index contributed by atoms with van der Waals surface area (Å²) in [5, 5.41) is 1.79. The molecule has 0 aliphatic carbocycles. The van der Waals surface area contributed by atoms with Crippen LogP contribution < -0.4 is 5.73 Å². The molecule has 0 saturated carbocycles. The van der Waals surface area contributed by atoms with Gasteiger partial charge in [-0.25, -0.2) is 9.59 Å². The third-order valence-corrected chi connectivity index (χ3v) is 3.34. The van der Waals surface area contributed by atoms with E-state index in [2.05, 4.69) is 0 Å². The smallest absolute Gasteiger partial charge is 0.348 e. The van der Waals surface area contributed by atoms with Gasteiger partial charge < -0.3 is 15.2 Å². The van der Waals surface area contributed by atoms with Crippen molar-refractivity contribution in [2.45, 2.75) is 26.4 Å². The number of hydrogen-bond donors (Lipinski definition) is 1. The molecule has 0 aliphatic heterocycles. The molecule has 5 nitrogen and oxygen atoms in total. The van der Waals surface area contributed by atoms with E-state index in [0.29, 0.717) is 5.56 Å². The highest BCUT2D eigenvalue weighted by Gasteiger charge is 2.29. The van der Waals surface area contributed by atoms with E-state index >= 15 is 0 Å². The van der Waals surface area contributed by atoms with Crippen LogP contribution in [0.5, 0.6) is 0 Å². The lowest BCUT2D eigenvalue weighted by Crippen LogP contribution is -2.29. The van der Waals surface area contributed by atoms with E-state index in [-0.39, 0.29) is 11.3 Å². The molecule has 2 N–H and O–H groups in total. The van der Waals surface area contributed by atoms with E-state index in [1.165, 1.54) is 7.11 Å². The number of benzene rings is 2. The van der Waals surface area contributed by atoms with Gasteiger partial charge in [0.15, 0.2) is 5.57 Å². The maximum absolute atomic E-state index is 12.4. The molecule has 5 heteroatoms. The predicted molar refractivity (Wildman–Crippen MR) is 92.9 cm³/mol. The number of methoxy groups -OCH3 is 1. The van der Waals surface area contributed by atoms with Crippen molar-refractivity contribution < 1.29 is 19.1 Å². The van der Waals surface area contributed by atoms with Gasteiger partial charge in [-0.15, -0.1) is 0 Å². The van der Waals surface area contributed by atoms with Crippen molar-refractivity contribution in [3.05, 3.63) is 53.6 Å². The third-order valence-electron chi connectivity index (χ3n) is 3.34. The lowest BCUT2D eigenvalue weighted by atomic mass is 9.99. The van der Waals surface area contributed by atoms with E-state index < -0.39 is 17.5 Å². The number of ether oxygens (including phenoxy) is 2. The van der Waals surface area contributed by atoms with E-state index in [4.69, 9.17) is 15.2 Å². The van der Waals surface area contributed by atoms with Crippen molar-refractivity contribution in [2.75, 3.05) is 7.11 Å². The zero-order valence-electron chi connectivity index (χ0n) is 14.3. The van der Waals surface area contributed by atoms with E-state index in [1.54, 1.807) is 26.8 Å². The van der Waals surface area contributed by atoms with Gasteiger partial charge in [-0.2, -0.15) is 0 Å². The van der Waals surface area contributed by atoms with E-state index in [0.717, 1.165) is 10.8 Å². The van der Waals surface area contributed by atoms with Gasteiger partial charge >= 0.3 is 11.9 Å². The molecule has 0 atom stereocenters. The van der Waals surface area contributed by atoms with Crippen LogP contribution in [0.25, 0.3) is 16.5 Å². The molecular weight excluding hydrogens is 306 g/mol. The predicted octanol–water partition coefficient (Wildman–Crippen LogP) is 3.02. The number of nitrogens with two attached hydrogens (primary N) is 1. The molecule has 0 aliphatic rings. The molecule has 126 valence electrons. The second-order valence-corrected chi connectivity index (χ2v) is 6.31. The van der Waals surface area contributed by atoms with E-state index in [9.17, 15) is 9.59 Å². The van der Waals surface area contributed by atoms with Crippen molar-refractivity contribution in [1.29, 1.82) is 0 Å². The molecule has 0 aromatic heterocycles. The number of fused-ring (bicyclic) bond motifs is 1. The Balaban J connectivity index is 2.65. The quantitative estimate of drug-likeness (QED) is 0.406. The number of carbonyl (C=O) groups is 2. The monoisotopic (exact) mass is 327 g/mol. The van der Waals surface area contributed by atoms with Crippen LogP contribution in [-0.2, 0) is 19.1 Å². The average molecular weight is 327 g/mol. The van der Waals surface area contributed by atoms with Gasteiger partial charge in [-0.1, -0.05) is 42.5 Å². The number of carbonyl (C=O) groups excluding carboxylic acids is 2. The van der Waals surface area contributed by atoms with Gasteiger partial charge in [0, 0.05) is 5.56 Å². The Hall–Kier alpha value is -2.82. The first-order valence-electron chi connectivity index (χ1n) is 7.54. The second kappa shape index (κ2) is 6.74. The van der Waals surface area contributed by atoms with Crippen molar-refractivity contribution in [3.8, 4) is 0 Å². The minimum absolute atomic E-state index is 0.0351. The molecule has 0 fully saturated rings. The van der Waals surface area contributed by atoms with Gasteiger partial charge in [0.25, 0.3) is 0 Å². The van der Waals surface area contributed by atoms with Crippen LogP contribution in [0.15, 0.2) is 48.0 Å². The zero-order valence-corrected chi connectivity index (χ0v) is 14.3. The highest BCUT2D eigenvalue weighted by Crippen LogP contribution is 2.26. The van der Waals surface area contributed by atoms with Gasteiger partial charge in [-0.05, 0) is 31.5 Å². The number of hydrogen-bond acceptors (Lipinski definition) is 5. The van der Waals surface area contributed by atoms with Crippen LogP contribution in [0, 0.1) is 0 Å². The molecule has 0 bridgehead atoms. The fourth-order valence-electron chi connectivity index (χ4n) is 2.33.